The van der Waals surface area contributed by atoms with E-state index in [1.54, 1.807) is 55.6 Å². The number of fused-ring (bicyclic) bond motifs is 1. The fourth-order valence-electron chi connectivity index (χ4n) is 3.76. The first kappa shape index (κ1) is 20.5. The summed E-state index contributed by atoms with van der Waals surface area (Å²) in [5, 5.41) is 0. The molecular formula is C23H21F2NO3S. The van der Waals surface area contributed by atoms with Crippen LogP contribution < -0.4 is 4.74 Å². The number of rotatable bonds is 4. The third kappa shape index (κ3) is 3.70. The van der Waals surface area contributed by atoms with Crippen LogP contribution in [0, 0.1) is 18.6 Å². The standard InChI is InChI=1S/C23H21F2NO3S/c1-15-3-9-20(10-4-15)30(27,28)26-14-18-12-22(25)21(24)11-17(18)13-23(26)16-5-7-19(29-2)8-6-16/h3-12,23H,13-14H2,1-2H3. The van der Waals surface area contributed by atoms with E-state index in [0.717, 1.165) is 23.3 Å². The number of hydrogen-bond acceptors (Lipinski definition) is 3. The molecule has 3 aromatic carbocycles. The van der Waals surface area contributed by atoms with Crippen LogP contribution in [0.25, 0.3) is 0 Å². The molecule has 7 heteroatoms. The number of methoxy groups -OCH3 is 1. The van der Waals surface area contributed by atoms with Crippen LogP contribution in [-0.2, 0) is 23.0 Å². The second-order valence-electron chi connectivity index (χ2n) is 7.39. The van der Waals surface area contributed by atoms with Gasteiger partial charge in [-0.15, -0.1) is 0 Å². The molecule has 0 fully saturated rings. The summed E-state index contributed by atoms with van der Waals surface area (Å²) >= 11 is 0. The van der Waals surface area contributed by atoms with E-state index >= 15 is 0 Å². The van der Waals surface area contributed by atoms with Crippen molar-refractivity contribution < 1.29 is 21.9 Å². The molecule has 4 nitrogen and oxygen atoms in total. The molecule has 0 radical (unpaired) electrons. The number of sulfonamides is 1. The lowest BCUT2D eigenvalue weighted by Gasteiger charge is -2.36. The van der Waals surface area contributed by atoms with Gasteiger partial charge in [0, 0.05) is 6.54 Å². The van der Waals surface area contributed by atoms with Gasteiger partial charge in [-0.3, -0.25) is 0 Å². The molecule has 0 saturated carbocycles. The molecule has 156 valence electrons. The summed E-state index contributed by atoms with van der Waals surface area (Å²) in [6.45, 7) is 1.84. The first-order valence-corrected chi connectivity index (χ1v) is 10.9. The molecule has 3 aromatic rings. The van der Waals surface area contributed by atoms with Gasteiger partial charge < -0.3 is 4.74 Å². The number of benzene rings is 3. The van der Waals surface area contributed by atoms with Crippen LogP contribution in [0.4, 0.5) is 8.78 Å². The van der Waals surface area contributed by atoms with E-state index in [1.807, 2.05) is 6.92 Å². The minimum absolute atomic E-state index is 0.0422. The van der Waals surface area contributed by atoms with E-state index in [0.29, 0.717) is 16.9 Å². The molecule has 0 spiro atoms. The average molecular weight is 429 g/mol. The van der Waals surface area contributed by atoms with Gasteiger partial charge in [0.1, 0.15) is 5.75 Å². The molecule has 1 unspecified atom stereocenters. The van der Waals surface area contributed by atoms with Gasteiger partial charge in [0.2, 0.25) is 10.0 Å². The first-order valence-electron chi connectivity index (χ1n) is 9.49. The molecule has 0 N–H and O–H groups in total. The summed E-state index contributed by atoms with van der Waals surface area (Å²) in [5.41, 5.74) is 2.77. The normalized spacial score (nSPS) is 16.9. The zero-order valence-electron chi connectivity index (χ0n) is 16.6. The highest BCUT2D eigenvalue weighted by Gasteiger charge is 2.37. The zero-order chi connectivity index (χ0) is 21.5. The number of ether oxygens (including phenoxy) is 1. The third-order valence-corrected chi connectivity index (χ3v) is 7.33. The predicted octanol–water partition coefficient (Wildman–Crippen LogP) is 4.77. The maximum Gasteiger partial charge on any atom is 0.243 e. The van der Waals surface area contributed by atoms with Gasteiger partial charge in [0.05, 0.1) is 18.0 Å². The average Bonchev–Trinajstić information content (AvgIpc) is 2.74. The van der Waals surface area contributed by atoms with Crippen molar-refractivity contribution in [1.82, 2.24) is 4.31 Å². The Labute approximate surface area is 174 Å². The fraction of sp³-hybridized carbons (Fsp3) is 0.217. The highest BCUT2D eigenvalue weighted by atomic mass is 32.2. The minimum Gasteiger partial charge on any atom is -0.497 e. The molecule has 1 aliphatic heterocycles. The Morgan fingerprint density at radius 1 is 0.933 bits per heavy atom. The Morgan fingerprint density at radius 3 is 2.13 bits per heavy atom. The van der Waals surface area contributed by atoms with Crippen LogP contribution in [0.2, 0.25) is 0 Å². The van der Waals surface area contributed by atoms with Crippen molar-refractivity contribution in [1.29, 1.82) is 0 Å². The van der Waals surface area contributed by atoms with Gasteiger partial charge in [-0.05, 0) is 66.4 Å². The molecule has 0 amide bonds. The van der Waals surface area contributed by atoms with E-state index in [9.17, 15) is 17.2 Å². The van der Waals surface area contributed by atoms with Gasteiger partial charge in [0.25, 0.3) is 0 Å². The molecule has 30 heavy (non-hydrogen) atoms. The highest BCUT2D eigenvalue weighted by Crippen LogP contribution is 2.38. The number of nitrogens with zero attached hydrogens (tertiary/aromatic N) is 1. The molecule has 1 aliphatic rings. The molecule has 0 aliphatic carbocycles. The summed E-state index contributed by atoms with van der Waals surface area (Å²) in [6, 6.07) is 15.4. The second kappa shape index (κ2) is 7.81. The minimum atomic E-state index is -3.87. The predicted molar refractivity (Wildman–Crippen MR) is 110 cm³/mol. The van der Waals surface area contributed by atoms with Gasteiger partial charge in [-0.1, -0.05) is 29.8 Å². The SMILES string of the molecule is COc1ccc(C2Cc3cc(F)c(F)cc3CN2S(=O)(=O)c2ccc(C)cc2)cc1. The smallest absolute Gasteiger partial charge is 0.243 e. The first-order chi connectivity index (χ1) is 14.3. The number of aryl methyl sites for hydroxylation is 1. The maximum absolute atomic E-state index is 13.8. The zero-order valence-corrected chi connectivity index (χ0v) is 17.4. The van der Waals surface area contributed by atoms with Crippen molar-refractivity contribution in [2.24, 2.45) is 0 Å². The molecule has 0 saturated heterocycles. The largest absolute Gasteiger partial charge is 0.497 e. The van der Waals surface area contributed by atoms with Gasteiger partial charge in [0.15, 0.2) is 11.6 Å². The van der Waals surface area contributed by atoms with E-state index in [-0.39, 0.29) is 17.9 Å². The van der Waals surface area contributed by atoms with Crippen molar-refractivity contribution in [3.05, 3.63) is 94.6 Å². The second-order valence-corrected chi connectivity index (χ2v) is 9.28. The third-order valence-electron chi connectivity index (χ3n) is 5.46. The van der Waals surface area contributed by atoms with Crippen LogP contribution >= 0.6 is 0 Å². The quantitative estimate of drug-likeness (QED) is 0.600. The van der Waals surface area contributed by atoms with E-state index in [4.69, 9.17) is 4.74 Å². The van der Waals surface area contributed by atoms with Crippen molar-refractivity contribution >= 4 is 10.0 Å². The van der Waals surface area contributed by atoms with Crippen LogP contribution in [-0.4, -0.2) is 19.8 Å². The topological polar surface area (TPSA) is 46.6 Å². The molecule has 1 atom stereocenters. The number of hydrogen-bond donors (Lipinski definition) is 0. The van der Waals surface area contributed by atoms with E-state index < -0.39 is 27.7 Å². The van der Waals surface area contributed by atoms with Crippen molar-refractivity contribution in [3.63, 3.8) is 0 Å². The van der Waals surface area contributed by atoms with Crippen LogP contribution in [0.5, 0.6) is 5.75 Å². The van der Waals surface area contributed by atoms with Crippen molar-refractivity contribution in [3.8, 4) is 5.75 Å². The lowest BCUT2D eigenvalue weighted by molar-refractivity contribution is 0.294. The Kier molecular flexibility index (Phi) is 5.34. The lowest BCUT2D eigenvalue weighted by atomic mass is 9.91. The van der Waals surface area contributed by atoms with Crippen LogP contribution in [0.3, 0.4) is 0 Å². The molecule has 0 aromatic heterocycles. The summed E-state index contributed by atoms with van der Waals surface area (Å²) in [6.07, 6.45) is 0.240. The van der Waals surface area contributed by atoms with E-state index in [1.165, 1.54) is 4.31 Å². The Balaban J connectivity index is 1.82. The molecular weight excluding hydrogens is 408 g/mol. The molecule has 4 rings (SSSR count). The highest BCUT2D eigenvalue weighted by molar-refractivity contribution is 7.89. The maximum atomic E-state index is 13.8. The summed E-state index contributed by atoms with van der Waals surface area (Å²) in [5.74, 6) is -1.27. The summed E-state index contributed by atoms with van der Waals surface area (Å²) in [4.78, 5) is 0.164. The van der Waals surface area contributed by atoms with Gasteiger partial charge >= 0.3 is 0 Å². The van der Waals surface area contributed by atoms with Gasteiger partial charge in [-0.2, -0.15) is 4.31 Å². The molecule has 0 bridgehead atoms. The fourth-order valence-corrected chi connectivity index (χ4v) is 5.35. The monoisotopic (exact) mass is 429 g/mol. The Bertz CT molecular complexity index is 1180. The summed E-state index contributed by atoms with van der Waals surface area (Å²) in [7, 11) is -2.32. The summed E-state index contributed by atoms with van der Waals surface area (Å²) < 4.78 is 61.2. The van der Waals surface area contributed by atoms with Crippen molar-refractivity contribution in [2.75, 3.05) is 7.11 Å². The molecule has 1 heterocycles. The van der Waals surface area contributed by atoms with Crippen LogP contribution in [0.15, 0.2) is 65.6 Å². The van der Waals surface area contributed by atoms with E-state index in [2.05, 4.69) is 0 Å². The van der Waals surface area contributed by atoms with Gasteiger partial charge in [-0.25, -0.2) is 17.2 Å². The Morgan fingerprint density at radius 2 is 1.53 bits per heavy atom. The van der Waals surface area contributed by atoms with Crippen molar-refractivity contribution in [2.45, 2.75) is 30.8 Å². The lowest BCUT2D eigenvalue weighted by Crippen LogP contribution is -2.39. The van der Waals surface area contributed by atoms with Crippen LogP contribution in [0.1, 0.15) is 28.3 Å². The number of halogens is 2. The Hall–Kier alpha value is -2.77.